The standard InChI is InChI=1S/C12H13ClF3N/c1-11(5-2-6-17-11)9-7-8(12(14,15)16)3-4-10(9)13/h3-4,7,17H,2,5-6H2,1H3. The molecule has 0 saturated carbocycles. The molecular formula is C12H13ClF3N. The van der Waals surface area contributed by atoms with Crippen LogP contribution in [0.15, 0.2) is 18.2 Å². The molecule has 1 aliphatic heterocycles. The Kier molecular flexibility index (Phi) is 3.12. The summed E-state index contributed by atoms with van der Waals surface area (Å²) in [5.74, 6) is 0. The Hall–Kier alpha value is -0.740. The SMILES string of the molecule is CC1(c2cc(C(F)(F)F)ccc2Cl)CCCN1. The van der Waals surface area contributed by atoms with Gasteiger partial charge < -0.3 is 5.32 Å². The van der Waals surface area contributed by atoms with Gasteiger partial charge in [-0.05, 0) is 50.1 Å². The molecule has 2 rings (SSSR count). The van der Waals surface area contributed by atoms with Gasteiger partial charge in [0.25, 0.3) is 0 Å². The molecule has 1 aromatic carbocycles. The Balaban J connectivity index is 2.46. The Morgan fingerprint density at radius 1 is 1.35 bits per heavy atom. The van der Waals surface area contributed by atoms with Crippen molar-refractivity contribution in [3.05, 3.63) is 34.3 Å². The summed E-state index contributed by atoms with van der Waals surface area (Å²) in [5.41, 5.74) is -0.559. The zero-order chi connectivity index (χ0) is 12.7. The van der Waals surface area contributed by atoms with Crippen molar-refractivity contribution in [1.29, 1.82) is 0 Å². The molecule has 17 heavy (non-hydrogen) atoms. The summed E-state index contributed by atoms with van der Waals surface area (Å²) in [4.78, 5) is 0. The van der Waals surface area contributed by atoms with E-state index in [9.17, 15) is 13.2 Å². The summed E-state index contributed by atoms with van der Waals surface area (Å²) in [6.45, 7) is 2.70. The molecule has 94 valence electrons. The van der Waals surface area contributed by atoms with E-state index in [1.54, 1.807) is 0 Å². The van der Waals surface area contributed by atoms with Gasteiger partial charge in [0.1, 0.15) is 0 Å². The highest BCUT2D eigenvalue weighted by molar-refractivity contribution is 6.31. The number of benzene rings is 1. The van der Waals surface area contributed by atoms with Crippen LogP contribution < -0.4 is 5.32 Å². The summed E-state index contributed by atoms with van der Waals surface area (Å²) in [7, 11) is 0. The van der Waals surface area contributed by atoms with Crippen LogP contribution in [0.2, 0.25) is 5.02 Å². The van der Waals surface area contributed by atoms with Gasteiger partial charge in [-0.2, -0.15) is 13.2 Å². The van der Waals surface area contributed by atoms with Gasteiger partial charge in [0.05, 0.1) is 5.56 Å². The molecular weight excluding hydrogens is 251 g/mol. The predicted molar refractivity (Wildman–Crippen MR) is 61.0 cm³/mol. The molecule has 1 aliphatic rings. The molecule has 0 aliphatic carbocycles. The molecule has 1 aromatic rings. The van der Waals surface area contributed by atoms with E-state index in [-0.39, 0.29) is 0 Å². The first-order valence-corrected chi connectivity index (χ1v) is 5.83. The lowest BCUT2D eigenvalue weighted by atomic mass is 9.89. The van der Waals surface area contributed by atoms with Gasteiger partial charge in [-0.3, -0.25) is 0 Å². The second kappa shape index (κ2) is 4.18. The highest BCUT2D eigenvalue weighted by Crippen LogP contribution is 2.38. The van der Waals surface area contributed by atoms with E-state index in [1.165, 1.54) is 6.07 Å². The topological polar surface area (TPSA) is 12.0 Å². The molecule has 1 atom stereocenters. The van der Waals surface area contributed by atoms with Crippen molar-refractivity contribution >= 4 is 11.6 Å². The fourth-order valence-corrected chi connectivity index (χ4v) is 2.58. The van der Waals surface area contributed by atoms with Crippen molar-refractivity contribution in [3.8, 4) is 0 Å². The van der Waals surface area contributed by atoms with Crippen LogP contribution in [-0.2, 0) is 11.7 Å². The number of alkyl halides is 3. The van der Waals surface area contributed by atoms with Crippen LogP contribution >= 0.6 is 11.6 Å². The van der Waals surface area contributed by atoms with E-state index >= 15 is 0 Å². The molecule has 0 aromatic heterocycles. The molecule has 1 nitrogen and oxygen atoms in total. The summed E-state index contributed by atoms with van der Waals surface area (Å²) in [6.07, 6.45) is -2.58. The largest absolute Gasteiger partial charge is 0.416 e. The molecule has 0 spiro atoms. The molecule has 0 amide bonds. The molecule has 1 saturated heterocycles. The minimum Gasteiger partial charge on any atom is -0.308 e. The highest BCUT2D eigenvalue weighted by atomic mass is 35.5. The minimum absolute atomic E-state index is 0.384. The quantitative estimate of drug-likeness (QED) is 0.809. The maximum absolute atomic E-state index is 12.6. The molecule has 1 unspecified atom stereocenters. The van der Waals surface area contributed by atoms with Gasteiger partial charge in [-0.25, -0.2) is 0 Å². The van der Waals surface area contributed by atoms with Crippen molar-refractivity contribution in [2.24, 2.45) is 0 Å². The molecule has 0 bridgehead atoms. The van der Waals surface area contributed by atoms with Gasteiger partial charge >= 0.3 is 6.18 Å². The van der Waals surface area contributed by atoms with Crippen molar-refractivity contribution in [3.63, 3.8) is 0 Å². The fourth-order valence-electron chi connectivity index (χ4n) is 2.25. The lowest BCUT2D eigenvalue weighted by molar-refractivity contribution is -0.137. The molecule has 1 heterocycles. The Morgan fingerprint density at radius 3 is 2.59 bits per heavy atom. The summed E-state index contributed by atoms with van der Waals surface area (Å²) < 4.78 is 37.9. The monoisotopic (exact) mass is 263 g/mol. The van der Waals surface area contributed by atoms with Gasteiger partial charge in [-0.15, -0.1) is 0 Å². The average Bonchev–Trinajstić information content (AvgIpc) is 2.65. The number of rotatable bonds is 1. The third kappa shape index (κ3) is 2.43. The van der Waals surface area contributed by atoms with Gasteiger partial charge in [0, 0.05) is 10.6 Å². The van der Waals surface area contributed by atoms with Crippen LogP contribution in [0.3, 0.4) is 0 Å². The lowest BCUT2D eigenvalue weighted by Gasteiger charge is -2.27. The summed E-state index contributed by atoms with van der Waals surface area (Å²) >= 11 is 6.01. The second-order valence-electron chi connectivity index (χ2n) is 4.55. The van der Waals surface area contributed by atoms with Crippen molar-refractivity contribution in [2.75, 3.05) is 6.54 Å². The first-order chi connectivity index (χ1) is 7.83. The van der Waals surface area contributed by atoms with Gasteiger partial charge in [0.15, 0.2) is 0 Å². The lowest BCUT2D eigenvalue weighted by Crippen LogP contribution is -2.33. The van der Waals surface area contributed by atoms with Crippen molar-refractivity contribution in [1.82, 2.24) is 5.32 Å². The molecule has 1 N–H and O–H groups in total. The molecule has 1 fully saturated rings. The van der Waals surface area contributed by atoms with Crippen LogP contribution in [0.1, 0.15) is 30.9 Å². The number of hydrogen-bond donors (Lipinski definition) is 1. The minimum atomic E-state index is -4.33. The predicted octanol–water partition coefficient (Wildman–Crippen LogP) is 3.96. The fraction of sp³-hybridized carbons (Fsp3) is 0.500. The summed E-state index contributed by atoms with van der Waals surface area (Å²) in [5, 5.41) is 3.60. The van der Waals surface area contributed by atoms with Crippen LogP contribution in [0.4, 0.5) is 13.2 Å². The highest BCUT2D eigenvalue weighted by Gasteiger charge is 2.36. The van der Waals surface area contributed by atoms with E-state index in [0.717, 1.165) is 31.5 Å². The van der Waals surface area contributed by atoms with Crippen LogP contribution in [-0.4, -0.2) is 6.54 Å². The van der Waals surface area contributed by atoms with E-state index in [4.69, 9.17) is 11.6 Å². The smallest absolute Gasteiger partial charge is 0.308 e. The average molecular weight is 264 g/mol. The zero-order valence-corrected chi connectivity index (χ0v) is 10.1. The van der Waals surface area contributed by atoms with Crippen LogP contribution in [0, 0.1) is 0 Å². The maximum atomic E-state index is 12.6. The van der Waals surface area contributed by atoms with Gasteiger partial charge in [0.2, 0.25) is 0 Å². The maximum Gasteiger partial charge on any atom is 0.416 e. The second-order valence-corrected chi connectivity index (χ2v) is 4.96. The number of nitrogens with one attached hydrogen (secondary N) is 1. The molecule has 0 radical (unpaired) electrons. The van der Waals surface area contributed by atoms with Gasteiger partial charge in [-0.1, -0.05) is 11.6 Å². The summed E-state index contributed by atoms with van der Waals surface area (Å²) in [6, 6.07) is 3.50. The Morgan fingerprint density at radius 2 is 2.06 bits per heavy atom. The van der Waals surface area contributed by atoms with Crippen LogP contribution in [0.5, 0.6) is 0 Å². The normalized spacial score (nSPS) is 25.2. The van der Waals surface area contributed by atoms with E-state index in [2.05, 4.69) is 5.32 Å². The van der Waals surface area contributed by atoms with E-state index < -0.39 is 17.3 Å². The third-order valence-corrected chi connectivity index (χ3v) is 3.59. The Labute approximate surface area is 103 Å². The van der Waals surface area contributed by atoms with E-state index in [0.29, 0.717) is 10.6 Å². The van der Waals surface area contributed by atoms with Crippen LogP contribution in [0.25, 0.3) is 0 Å². The van der Waals surface area contributed by atoms with Crippen molar-refractivity contribution < 1.29 is 13.2 Å². The Bertz CT molecular complexity index is 422. The number of hydrogen-bond acceptors (Lipinski definition) is 1. The number of halogens is 4. The van der Waals surface area contributed by atoms with Crippen molar-refractivity contribution in [2.45, 2.75) is 31.5 Å². The molecule has 5 heteroatoms. The first kappa shape index (κ1) is 12.7. The zero-order valence-electron chi connectivity index (χ0n) is 9.37. The first-order valence-electron chi connectivity index (χ1n) is 5.45. The third-order valence-electron chi connectivity index (χ3n) is 3.26. The van der Waals surface area contributed by atoms with E-state index in [1.807, 2.05) is 6.92 Å².